The summed E-state index contributed by atoms with van der Waals surface area (Å²) in [4.78, 5) is 13.1. The highest BCUT2D eigenvalue weighted by Crippen LogP contribution is 1.99. The van der Waals surface area contributed by atoms with Crippen LogP contribution in [-0.2, 0) is 4.79 Å². The van der Waals surface area contributed by atoms with Crippen LogP contribution in [0.2, 0.25) is 0 Å². The Morgan fingerprint density at radius 3 is 2.58 bits per heavy atom. The number of nitrogens with two attached hydrogens (primary N) is 1. The molecule has 3 heteroatoms. The average Bonchev–Trinajstić information content (AvgIpc) is 2.11. The van der Waals surface area contributed by atoms with Crippen LogP contribution in [-0.4, -0.2) is 30.9 Å². The summed E-state index contributed by atoms with van der Waals surface area (Å²) in [7, 11) is 1.79. The third kappa shape index (κ3) is 3.53. The summed E-state index contributed by atoms with van der Waals surface area (Å²) in [5.41, 5.74) is 6.10. The smallest absolute Gasteiger partial charge is 0.248 e. The predicted octanol–water partition coefficient (Wildman–Crippen LogP) is 0.760. The summed E-state index contributed by atoms with van der Waals surface area (Å²) in [6, 6.07) is 0. The van der Waals surface area contributed by atoms with Gasteiger partial charge in [0.25, 0.3) is 0 Å². The molecule has 12 heavy (non-hydrogen) atoms. The molecule has 1 amide bonds. The summed E-state index contributed by atoms with van der Waals surface area (Å²) >= 11 is 0. The second kappa shape index (κ2) is 5.77. The number of nitrogens with zero attached hydrogens (tertiary/aromatic N) is 1. The molecule has 0 aliphatic carbocycles. The summed E-state index contributed by atoms with van der Waals surface area (Å²) in [5.74, 6) is 0.0888. The number of hydrogen-bond acceptors (Lipinski definition) is 2. The van der Waals surface area contributed by atoms with E-state index in [2.05, 4.69) is 0 Å². The van der Waals surface area contributed by atoms with Gasteiger partial charge >= 0.3 is 0 Å². The van der Waals surface area contributed by atoms with Crippen LogP contribution >= 0.6 is 0 Å². The second-order valence-corrected chi connectivity index (χ2v) is 2.78. The molecular weight excluding hydrogens is 152 g/mol. The third-order valence-corrected chi connectivity index (χ3v) is 1.78. The third-order valence-electron chi connectivity index (χ3n) is 1.78. The van der Waals surface area contributed by atoms with E-state index in [1.807, 2.05) is 19.9 Å². The van der Waals surface area contributed by atoms with Gasteiger partial charge < -0.3 is 10.6 Å². The van der Waals surface area contributed by atoms with Crippen LogP contribution in [0.4, 0.5) is 0 Å². The molecule has 0 aromatic rings. The maximum atomic E-state index is 11.4. The molecule has 70 valence electrons. The van der Waals surface area contributed by atoms with Crippen LogP contribution in [0, 0.1) is 0 Å². The van der Waals surface area contributed by atoms with Gasteiger partial charge in [-0.25, -0.2) is 0 Å². The number of hydrogen-bond donors (Lipinski definition) is 1. The molecule has 0 unspecified atom stereocenters. The lowest BCUT2D eigenvalue weighted by Crippen LogP contribution is -2.26. The highest BCUT2D eigenvalue weighted by atomic mass is 16.2. The number of carbonyl (C=O) groups is 1. The first-order chi connectivity index (χ1) is 5.63. The zero-order valence-electron chi connectivity index (χ0n) is 8.13. The van der Waals surface area contributed by atoms with Crippen molar-refractivity contribution in [2.75, 3.05) is 20.1 Å². The molecule has 0 fully saturated rings. The molecule has 3 nitrogen and oxygen atoms in total. The fourth-order valence-electron chi connectivity index (χ4n) is 0.832. The van der Waals surface area contributed by atoms with Crippen LogP contribution in [0.1, 0.15) is 20.3 Å². The second-order valence-electron chi connectivity index (χ2n) is 2.78. The zero-order chi connectivity index (χ0) is 9.56. The Morgan fingerprint density at radius 1 is 1.58 bits per heavy atom. The van der Waals surface area contributed by atoms with E-state index in [0.29, 0.717) is 6.54 Å². The van der Waals surface area contributed by atoms with Gasteiger partial charge in [-0.05, 0) is 26.8 Å². The standard InChI is InChI=1S/C9H18N2O/c1-4-11(3)9(12)8(2)6-5-7-10/h6H,4-5,7,10H2,1-3H3. The Labute approximate surface area is 74.2 Å². The van der Waals surface area contributed by atoms with Crippen molar-refractivity contribution in [2.24, 2.45) is 5.73 Å². The topological polar surface area (TPSA) is 46.3 Å². The molecule has 0 spiro atoms. The van der Waals surface area contributed by atoms with E-state index in [4.69, 9.17) is 5.73 Å². The van der Waals surface area contributed by atoms with Crippen molar-refractivity contribution in [3.05, 3.63) is 11.6 Å². The van der Waals surface area contributed by atoms with Crippen LogP contribution in [0.3, 0.4) is 0 Å². The number of rotatable bonds is 4. The van der Waals surface area contributed by atoms with Crippen LogP contribution in [0.5, 0.6) is 0 Å². The van der Waals surface area contributed by atoms with Gasteiger partial charge in [0.2, 0.25) is 5.91 Å². The number of amides is 1. The van der Waals surface area contributed by atoms with E-state index in [1.165, 1.54) is 0 Å². The largest absolute Gasteiger partial charge is 0.342 e. The quantitative estimate of drug-likeness (QED) is 0.633. The molecule has 0 aromatic carbocycles. The first kappa shape index (κ1) is 11.2. The van der Waals surface area contributed by atoms with Crippen molar-refractivity contribution in [1.29, 1.82) is 0 Å². The Balaban J connectivity index is 4.08. The molecule has 0 aliphatic heterocycles. The fraction of sp³-hybridized carbons (Fsp3) is 0.667. The SMILES string of the molecule is CCN(C)C(=O)C(C)=CCCN. The molecule has 0 aliphatic rings. The number of carbonyl (C=O) groups excluding carboxylic acids is 1. The van der Waals surface area contributed by atoms with Gasteiger partial charge in [0.05, 0.1) is 0 Å². The molecule has 0 rings (SSSR count). The monoisotopic (exact) mass is 170 g/mol. The van der Waals surface area contributed by atoms with E-state index in [0.717, 1.165) is 18.5 Å². The Bertz CT molecular complexity index is 175. The normalized spacial score (nSPS) is 11.5. The van der Waals surface area contributed by atoms with Crippen LogP contribution < -0.4 is 5.73 Å². The summed E-state index contributed by atoms with van der Waals surface area (Å²) in [6.45, 7) is 5.12. The summed E-state index contributed by atoms with van der Waals surface area (Å²) in [6.07, 6.45) is 2.66. The van der Waals surface area contributed by atoms with E-state index in [9.17, 15) is 4.79 Å². The molecule has 0 saturated carbocycles. The van der Waals surface area contributed by atoms with Crippen LogP contribution in [0.15, 0.2) is 11.6 Å². The first-order valence-corrected chi connectivity index (χ1v) is 4.25. The molecular formula is C9H18N2O. The number of likely N-dealkylation sites (N-methyl/N-ethyl adjacent to an activating group) is 1. The predicted molar refractivity (Wildman–Crippen MR) is 50.7 cm³/mol. The highest BCUT2D eigenvalue weighted by molar-refractivity contribution is 5.92. The van der Waals surface area contributed by atoms with Crippen molar-refractivity contribution >= 4 is 5.91 Å². The van der Waals surface area contributed by atoms with Gasteiger partial charge in [-0.2, -0.15) is 0 Å². The van der Waals surface area contributed by atoms with Gasteiger partial charge in [0.15, 0.2) is 0 Å². The minimum Gasteiger partial charge on any atom is -0.342 e. The van der Waals surface area contributed by atoms with Crippen molar-refractivity contribution in [3.8, 4) is 0 Å². The van der Waals surface area contributed by atoms with Gasteiger partial charge in [-0.1, -0.05) is 6.08 Å². The molecule has 2 N–H and O–H groups in total. The minimum absolute atomic E-state index is 0.0888. The zero-order valence-corrected chi connectivity index (χ0v) is 8.13. The van der Waals surface area contributed by atoms with E-state index >= 15 is 0 Å². The molecule has 0 heterocycles. The molecule has 0 atom stereocenters. The van der Waals surface area contributed by atoms with E-state index in [1.54, 1.807) is 11.9 Å². The van der Waals surface area contributed by atoms with Crippen molar-refractivity contribution in [1.82, 2.24) is 4.90 Å². The van der Waals surface area contributed by atoms with Crippen molar-refractivity contribution in [3.63, 3.8) is 0 Å². The Hall–Kier alpha value is -0.830. The van der Waals surface area contributed by atoms with Gasteiger partial charge in [0.1, 0.15) is 0 Å². The van der Waals surface area contributed by atoms with Crippen molar-refractivity contribution < 1.29 is 4.79 Å². The minimum atomic E-state index is 0.0888. The lowest BCUT2D eigenvalue weighted by molar-refractivity contribution is -0.125. The van der Waals surface area contributed by atoms with E-state index < -0.39 is 0 Å². The lowest BCUT2D eigenvalue weighted by Gasteiger charge is -2.14. The average molecular weight is 170 g/mol. The summed E-state index contributed by atoms with van der Waals surface area (Å²) < 4.78 is 0. The van der Waals surface area contributed by atoms with E-state index in [-0.39, 0.29) is 5.91 Å². The first-order valence-electron chi connectivity index (χ1n) is 4.25. The maximum absolute atomic E-state index is 11.4. The lowest BCUT2D eigenvalue weighted by atomic mass is 10.2. The summed E-state index contributed by atoms with van der Waals surface area (Å²) in [5, 5.41) is 0. The Morgan fingerprint density at radius 2 is 2.17 bits per heavy atom. The molecule has 0 bridgehead atoms. The molecule has 0 radical (unpaired) electrons. The van der Waals surface area contributed by atoms with Crippen LogP contribution in [0.25, 0.3) is 0 Å². The highest BCUT2D eigenvalue weighted by Gasteiger charge is 2.07. The Kier molecular flexibility index (Phi) is 5.37. The maximum Gasteiger partial charge on any atom is 0.248 e. The molecule has 0 saturated heterocycles. The molecule has 0 aromatic heterocycles. The fourth-order valence-corrected chi connectivity index (χ4v) is 0.832. The van der Waals surface area contributed by atoms with Crippen molar-refractivity contribution in [2.45, 2.75) is 20.3 Å². The van der Waals surface area contributed by atoms with Gasteiger partial charge in [-0.15, -0.1) is 0 Å². The van der Waals surface area contributed by atoms with Gasteiger partial charge in [0, 0.05) is 19.2 Å². The van der Waals surface area contributed by atoms with Gasteiger partial charge in [-0.3, -0.25) is 4.79 Å².